The Bertz CT molecular complexity index is 546. The van der Waals surface area contributed by atoms with Crippen LogP contribution in [-0.4, -0.2) is 61.4 Å². The van der Waals surface area contributed by atoms with Gasteiger partial charge in [-0.25, -0.2) is 0 Å². The molecular formula is C15H21Cl2N3O2. The van der Waals surface area contributed by atoms with E-state index < -0.39 is 0 Å². The van der Waals surface area contributed by atoms with Crippen molar-refractivity contribution in [2.75, 3.05) is 39.8 Å². The van der Waals surface area contributed by atoms with Crippen LogP contribution in [0.15, 0.2) is 18.2 Å². The first-order valence-corrected chi connectivity index (χ1v) is 7.37. The Morgan fingerprint density at radius 3 is 2.55 bits per heavy atom. The van der Waals surface area contributed by atoms with Crippen LogP contribution in [0.2, 0.25) is 5.02 Å². The van der Waals surface area contributed by atoms with Gasteiger partial charge in [0, 0.05) is 43.8 Å². The molecule has 0 bridgehead atoms. The lowest BCUT2D eigenvalue weighted by molar-refractivity contribution is -0.132. The Balaban J connectivity index is 0.00000242. The number of benzene rings is 1. The lowest BCUT2D eigenvalue weighted by Gasteiger charge is -2.29. The molecule has 22 heavy (non-hydrogen) atoms. The van der Waals surface area contributed by atoms with Gasteiger partial charge in [-0.15, -0.1) is 12.4 Å². The molecule has 0 radical (unpaired) electrons. The summed E-state index contributed by atoms with van der Waals surface area (Å²) >= 11 is 5.90. The monoisotopic (exact) mass is 345 g/mol. The number of hydrogen-bond donors (Lipinski definition) is 1. The standard InChI is InChI=1S/C15H20ClN3O2.ClH/c1-11-9-12(16)3-4-13(11)15(21)18(2)10-14(20)19-7-5-17-6-8-19;/h3-4,9,17H,5-8,10H2,1-2H3;1H. The predicted octanol–water partition coefficient (Wildman–Crippen LogP) is 1.57. The Morgan fingerprint density at radius 2 is 1.95 bits per heavy atom. The molecule has 2 rings (SSSR count). The second-order valence-electron chi connectivity index (χ2n) is 5.25. The van der Waals surface area contributed by atoms with Crippen molar-refractivity contribution < 1.29 is 9.59 Å². The molecule has 5 nitrogen and oxygen atoms in total. The third-order valence-corrected chi connectivity index (χ3v) is 3.84. The van der Waals surface area contributed by atoms with Crippen molar-refractivity contribution in [1.82, 2.24) is 15.1 Å². The third-order valence-electron chi connectivity index (χ3n) is 3.61. The van der Waals surface area contributed by atoms with Crippen molar-refractivity contribution in [3.05, 3.63) is 34.3 Å². The Kier molecular flexibility index (Phi) is 7.13. The van der Waals surface area contributed by atoms with E-state index in [1.165, 1.54) is 4.90 Å². The predicted molar refractivity (Wildman–Crippen MR) is 89.8 cm³/mol. The summed E-state index contributed by atoms with van der Waals surface area (Å²) in [6, 6.07) is 5.14. The van der Waals surface area contributed by atoms with Crippen LogP contribution in [0.5, 0.6) is 0 Å². The van der Waals surface area contributed by atoms with E-state index >= 15 is 0 Å². The summed E-state index contributed by atoms with van der Waals surface area (Å²) in [6.45, 7) is 4.94. The minimum atomic E-state index is -0.160. The van der Waals surface area contributed by atoms with Gasteiger partial charge in [0.05, 0.1) is 6.54 Å². The molecule has 122 valence electrons. The lowest BCUT2D eigenvalue weighted by Crippen LogP contribution is -2.49. The highest BCUT2D eigenvalue weighted by Crippen LogP contribution is 2.16. The van der Waals surface area contributed by atoms with E-state index in [-0.39, 0.29) is 30.8 Å². The Labute approximate surface area is 142 Å². The molecule has 0 atom stereocenters. The van der Waals surface area contributed by atoms with Crippen molar-refractivity contribution >= 4 is 35.8 Å². The number of halogens is 2. The Hall–Kier alpha value is -1.30. The van der Waals surface area contributed by atoms with E-state index in [0.717, 1.165) is 18.7 Å². The van der Waals surface area contributed by atoms with E-state index in [9.17, 15) is 9.59 Å². The van der Waals surface area contributed by atoms with Gasteiger partial charge in [0.15, 0.2) is 0 Å². The van der Waals surface area contributed by atoms with E-state index in [4.69, 9.17) is 11.6 Å². The lowest BCUT2D eigenvalue weighted by atomic mass is 10.1. The second kappa shape index (κ2) is 8.36. The highest BCUT2D eigenvalue weighted by Gasteiger charge is 2.21. The number of hydrogen-bond acceptors (Lipinski definition) is 3. The van der Waals surface area contributed by atoms with Crippen LogP contribution in [0.1, 0.15) is 15.9 Å². The summed E-state index contributed by atoms with van der Waals surface area (Å²) in [5.74, 6) is -0.174. The molecule has 1 aromatic rings. The van der Waals surface area contributed by atoms with Gasteiger partial charge < -0.3 is 15.1 Å². The van der Waals surface area contributed by atoms with Gasteiger partial charge in [-0.05, 0) is 30.7 Å². The van der Waals surface area contributed by atoms with Crippen LogP contribution in [0.4, 0.5) is 0 Å². The summed E-state index contributed by atoms with van der Waals surface area (Å²) in [4.78, 5) is 27.8. The van der Waals surface area contributed by atoms with E-state index in [1.807, 2.05) is 6.92 Å². The average Bonchev–Trinajstić information content (AvgIpc) is 2.47. The molecule has 1 aliphatic rings. The quantitative estimate of drug-likeness (QED) is 0.904. The fraction of sp³-hybridized carbons (Fsp3) is 0.467. The highest BCUT2D eigenvalue weighted by atomic mass is 35.5. The molecule has 1 aliphatic heterocycles. The fourth-order valence-electron chi connectivity index (χ4n) is 2.36. The minimum absolute atomic E-state index is 0. The van der Waals surface area contributed by atoms with Gasteiger partial charge in [-0.3, -0.25) is 9.59 Å². The first-order chi connectivity index (χ1) is 9.99. The molecule has 0 unspecified atom stereocenters. The Morgan fingerprint density at radius 1 is 1.32 bits per heavy atom. The maximum absolute atomic E-state index is 12.4. The molecule has 0 saturated carbocycles. The number of nitrogens with zero attached hydrogens (tertiary/aromatic N) is 2. The van der Waals surface area contributed by atoms with Crippen LogP contribution in [0, 0.1) is 6.92 Å². The van der Waals surface area contributed by atoms with Crippen molar-refractivity contribution in [3.63, 3.8) is 0 Å². The zero-order chi connectivity index (χ0) is 15.4. The molecule has 7 heteroatoms. The summed E-state index contributed by atoms with van der Waals surface area (Å²) in [5.41, 5.74) is 1.39. The first-order valence-electron chi connectivity index (χ1n) is 6.99. The highest BCUT2D eigenvalue weighted by molar-refractivity contribution is 6.30. The maximum Gasteiger partial charge on any atom is 0.254 e. The number of carbonyl (C=O) groups is 2. The normalized spacial score (nSPS) is 14.2. The summed E-state index contributed by atoms with van der Waals surface area (Å²) in [5, 5.41) is 3.80. The van der Waals surface area contributed by atoms with Crippen LogP contribution in [0.3, 0.4) is 0 Å². The number of piperazine rings is 1. The van der Waals surface area contributed by atoms with Gasteiger partial charge in [0.2, 0.25) is 5.91 Å². The van der Waals surface area contributed by atoms with Gasteiger partial charge in [-0.1, -0.05) is 11.6 Å². The van der Waals surface area contributed by atoms with E-state index in [1.54, 1.807) is 30.1 Å². The topological polar surface area (TPSA) is 52.7 Å². The maximum atomic E-state index is 12.4. The van der Waals surface area contributed by atoms with Crippen LogP contribution >= 0.6 is 24.0 Å². The SMILES string of the molecule is Cc1cc(Cl)ccc1C(=O)N(C)CC(=O)N1CCNCC1.Cl. The number of likely N-dealkylation sites (N-methyl/N-ethyl adjacent to an activating group) is 1. The van der Waals surface area contributed by atoms with Crippen molar-refractivity contribution in [2.24, 2.45) is 0 Å². The van der Waals surface area contributed by atoms with Crippen molar-refractivity contribution in [2.45, 2.75) is 6.92 Å². The molecule has 1 saturated heterocycles. The number of aryl methyl sites for hydroxylation is 1. The van der Waals surface area contributed by atoms with Crippen LogP contribution in [-0.2, 0) is 4.79 Å². The third kappa shape index (κ3) is 4.60. The van der Waals surface area contributed by atoms with Crippen molar-refractivity contribution in [3.8, 4) is 0 Å². The summed E-state index contributed by atoms with van der Waals surface area (Å²) < 4.78 is 0. The fourth-order valence-corrected chi connectivity index (χ4v) is 2.59. The molecule has 0 aromatic heterocycles. The average molecular weight is 346 g/mol. The molecule has 1 aromatic carbocycles. The van der Waals surface area contributed by atoms with Crippen LogP contribution in [0.25, 0.3) is 0 Å². The molecular weight excluding hydrogens is 325 g/mol. The molecule has 0 spiro atoms. The molecule has 1 heterocycles. The smallest absolute Gasteiger partial charge is 0.254 e. The van der Waals surface area contributed by atoms with Crippen molar-refractivity contribution in [1.29, 1.82) is 0 Å². The van der Waals surface area contributed by atoms with Crippen LogP contribution < -0.4 is 5.32 Å². The molecule has 1 fully saturated rings. The zero-order valence-corrected chi connectivity index (χ0v) is 14.3. The zero-order valence-electron chi connectivity index (χ0n) is 12.8. The van der Waals surface area contributed by atoms with Gasteiger partial charge >= 0.3 is 0 Å². The van der Waals surface area contributed by atoms with E-state index in [0.29, 0.717) is 23.7 Å². The minimum Gasteiger partial charge on any atom is -0.339 e. The number of rotatable bonds is 3. The number of amides is 2. The van der Waals surface area contributed by atoms with Gasteiger partial charge in [0.1, 0.15) is 0 Å². The second-order valence-corrected chi connectivity index (χ2v) is 5.69. The summed E-state index contributed by atoms with van der Waals surface area (Å²) in [6.07, 6.45) is 0. The number of nitrogens with one attached hydrogen (secondary N) is 1. The first kappa shape index (κ1) is 18.7. The van der Waals surface area contributed by atoms with Gasteiger partial charge in [-0.2, -0.15) is 0 Å². The van der Waals surface area contributed by atoms with Gasteiger partial charge in [0.25, 0.3) is 5.91 Å². The summed E-state index contributed by atoms with van der Waals surface area (Å²) in [7, 11) is 1.65. The van der Waals surface area contributed by atoms with E-state index in [2.05, 4.69) is 5.32 Å². The largest absolute Gasteiger partial charge is 0.339 e. The number of carbonyl (C=O) groups excluding carboxylic acids is 2. The molecule has 1 N–H and O–H groups in total. The molecule has 2 amide bonds. The molecule has 0 aliphatic carbocycles.